The summed E-state index contributed by atoms with van der Waals surface area (Å²) in [5.74, 6) is -1.09. The molecule has 0 bridgehead atoms. The number of carboxylic acids is 1. The summed E-state index contributed by atoms with van der Waals surface area (Å²) in [4.78, 5) is 18.6. The zero-order valence-corrected chi connectivity index (χ0v) is 21.9. The molecule has 2 heterocycles. The minimum absolute atomic E-state index is 0.00472. The van der Waals surface area contributed by atoms with Crippen LogP contribution in [-0.4, -0.2) is 53.5 Å². The van der Waals surface area contributed by atoms with Gasteiger partial charge in [-0.3, -0.25) is 9.78 Å². The van der Waals surface area contributed by atoms with Gasteiger partial charge < -0.3 is 14.7 Å². The molecule has 4 rings (SSSR count). The molecular weight excluding hydrogens is 525 g/mol. The molecule has 0 radical (unpaired) electrons. The predicted octanol–water partition coefficient (Wildman–Crippen LogP) is 6.92. The molecule has 198 valence electrons. The van der Waals surface area contributed by atoms with E-state index in [4.69, 9.17) is 16.3 Å². The number of methoxy groups -OCH3 is 1. The molecule has 1 aliphatic rings. The molecule has 1 fully saturated rings. The highest BCUT2D eigenvalue weighted by Gasteiger charge is 2.41. The third kappa shape index (κ3) is 6.16. The van der Waals surface area contributed by atoms with Crippen LogP contribution in [0.3, 0.4) is 0 Å². The summed E-state index contributed by atoms with van der Waals surface area (Å²) in [6, 6.07) is 8.93. The lowest BCUT2D eigenvalue weighted by Crippen LogP contribution is -2.45. The first-order chi connectivity index (χ1) is 17.7. The van der Waals surface area contributed by atoms with Gasteiger partial charge in [-0.05, 0) is 69.1 Å². The van der Waals surface area contributed by atoms with Crippen LogP contribution in [-0.2, 0) is 4.79 Å². The minimum atomic E-state index is -1.47. The highest BCUT2D eigenvalue weighted by molar-refractivity contribution is 7.99. The van der Waals surface area contributed by atoms with E-state index in [1.807, 2.05) is 0 Å². The lowest BCUT2D eigenvalue weighted by molar-refractivity contribution is -0.153. The van der Waals surface area contributed by atoms with Crippen LogP contribution in [0.15, 0.2) is 47.5 Å². The van der Waals surface area contributed by atoms with Crippen molar-refractivity contribution in [3.05, 3.63) is 64.8 Å². The number of aromatic nitrogens is 1. The van der Waals surface area contributed by atoms with E-state index in [9.17, 15) is 18.7 Å². The van der Waals surface area contributed by atoms with E-state index in [0.29, 0.717) is 60.4 Å². The van der Waals surface area contributed by atoms with Crippen molar-refractivity contribution in [1.29, 1.82) is 0 Å². The Kier molecular flexibility index (Phi) is 8.87. The van der Waals surface area contributed by atoms with Gasteiger partial charge in [-0.15, -0.1) is 11.8 Å². The molecule has 1 saturated heterocycles. The number of likely N-dealkylation sites (tertiary alicyclic amines) is 1. The van der Waals surface area contributed by atoms with Crippen molar-refractivity contribution in [2.45, 2.75) is 36.8 Å². The molecule has 0 spiro atoms. The molecule has 3 aromatic rings. The first kappa shape index (κ1) is 27.5. The topological polar surface area (TPSA) is 62.7 Å². The van der Waals surface area contributed by atoms with Crippen LogP contribution in [0.1, 0.15) is 37.4 Å². The van der Waals surface area contributed by atoms with E-state index in [0.717, 1.165) is 11.8 Å². The highest BCUT2D eigenvalue weighted by atomic mass is 35.5. The number of carbonyl (C=O) groups is 1. The fourth-order valence-corrected chi connectivity index (χ4v) is 6.07. The summed E-state index contributed by atoms with van der Waals surface area (Å²) in [7, 11) is 1.52. The van der Waals surface area contributed by atoms with Gasteiger partial charge in [0.1, 0.15) is 23.6 Å². The molecule has 1 N–H and O–H groups in total. The Morgan fingerprint density at radius 3 is 2.59 bits per heavy atom. The average molecular weight is 553 g/mol. The number of rotatable bonds is 10. The van der Waals surface area contributed by atoms with Crippen molar-refractivity contribution in [2.24, 2.45) is 5.41 Å². The maximum absolute atomic E-state index is 15.6. The molecule has 2 aromatic carbocycles. The van der Waals surface area contributed by atoms with Crippen LogP contribution in [0.4, 0.5) is 13.2 Å². The molecule has 1 atom stereocenters. The van der Waals surface area contributed by atoms with Gasteiger partial charge in [0.05, 0.1) is 28.0 Å². The summed E-state index contributed by atoms with van der Waals surface area (Å²) in [5.41, 5.74) is -0.170. The number of fused-ring (bicyclic) bond motifs is 1. The van der Waals surface area contributed by atoms with E-state index < -0.39 is 29.2 Å². The average Bonchev–Trinajstić information content (AvgIpc) is 2.89. The standard InChI is InChI=1S/C27H28ClF3N2O3S/c1-36-17-5-6-23-18(15-17)24(19(28)16-32-23)20(29)7-8-27(26(34)35)9-11-33(12-10-27)13-14-37-25-21(30)3-2-4-22(25)31/h2-6,15-16,20H,7-14H2,1H3,(H,34,35)/t20-/m0/s1. The molecule has 0 saturated carbocycles. The number of hydrogen-bond donors (Lipinski definition) is 1. The van der Waals surface area contributed by atoms with Crippen LogP contribution in [0, 0.1) is 17.0 Å². The quantitative estimate of drug-likeness (QED) is 0.275. The van der Waals surface area contributed by atoms with Gasteiger partial charge >= 0.3 is 5.97 Å². The largest absolute Gasteiger partial charge is 0.497 e. The number of aliphatic carboxylic acids is 1. The Balaban J connectivity index is 1.38. The van der Waals surface area contributed by atoms with Gasteiger partial charge in [0, 0.05) is 29.4 Å². The first-order valence-corrected chi connectivity index (χ1v) is 13.4. The lowest BCUT2D eigenvalue weighted by Gasteiger charge is -2.39. The van der Waals surface area contributed by atoms with E-state index in [1.54, 1.807) is 18.2 Å². The number of halogens is 4. The Morgan fingerprint density at radius 2 is 1.95 bits per heavy atom. The van der Waals surface area contributed by atoms with Gasteiger partial charge in [0.2, 0.25) is 0 Å². The second kappa shape index (κ2) is 11.9. The number of carboxylic acid groups (broad SMARTS) is 1. The van der Waals surface area contributed by atoms with Crippen LogP contribution < -0.4 is 4.74 Å². The number of benzene rings is 2. The van der Waals surface area contributed by atoms with Gasteiger partial charge in [0.25, 0.3) is 0 Å². The number of alkyl halides is 1. The molecule has 0 amide bonds. The number of thioether (sulfide) groups is 1. The molecule has 10 heteroatoms. The third-order valence-corrected chi connectivity index (χ3v) is 8.46. The maximum atomic E-state index is 15.6. The SMILES string of the molecule is COc1ccc2ncc(Cl)c([C@@H](F)CCC3(C(=O)O)CCN(CCSc4c(F)cccc4F)CC3)c2c1. The van der Waals surface area contributed by atoms with E-state index >= 15 is 4.39 Å². The normalized spacial score (nSPS) is 16.6. The monoisotopic (exact) mass is 552 g/mol. The second-order valence-corrected chi connectivity index (χ2v) is 10.7. The third-order valence-electron chi connectivity index (χ3n) is 7.10. The van der Waals surface area contributed by atoms with Crippen LogP contribution in [0.2, 0.25) is 5.02 Å². The van der Waals surface area contributed by atoms with Crippen LogP contribution in [0.5, 0.6) is 5.75 Å². The van der Waals surface area contributed by atoms with E-state index in [-0.39, 0.29) is 22.8 Å². The van der Waals surface area contributed by atoms with Crippen molar-refractivity contribution in [1.82, 2.24) is 9.88 Å². The summed E-state index contributed by atoms with van der Waals surface area (Å²) in [6.45, 7) is 1.60. The van der Waals surface area contributed by atoms with E-state index in [1.165, 1.54) is 31.5 Å². The fourth-order valence-electron chi connectivity index (χ4n) is 4.83. The zero-order chi connectivity index (χ0) is 26.6. The number of pyridine rings is 1. The maximum Gasteiger partial charge on any atom is 0.309 e. The molecule has 0 aliphatic carbocycles. The van der Waals surface area contributed by atoms with E-state index in [2.05, 4.69) is 9.88 Å². The highest BCUT2D eigenvalue weighted by Crippen LogP contribution is 2.42. The Morgan fingerprint density at radius 1 is 1.24 bits per heavy atom. The molecular formula is C27H28ClF3N2O3S. The molecule has 37 heavy (non-hydrogen) atoms. The predicted molar refractivity (Wildman–Crippen MR) is 139 cm³/mol. The number of piperidine rings is 1. The molecule has 1 aliphatic heterocycles. The Labute approximate surface area is 223 Å². The van der Waals surface area contributed by atoms with Gasteiger partial charge in [0.15, 0.2) is 0 Å². The summed E-state index contributed by atoms with van der Waals surface area (Å²) in [5, 5.41) is 10.8. The number of ether oxygens (including phenoxy) is 1. The van der Waals surface area contributed by atoms with Gasteiger partial charge in [-0.25, -0.2) is 13.2 Å². The number of hydrogen-bond acceptors (Lipinski definition) is 5. The van der Waals surface area contributed by atoms with Crippen LogP contribution in [0.25, 0.3) is 10.9 Å². The van der Waals surface area contributed by atoms with Crippen molar-refractivity contribution < 1.29 is 27.8 Å². The minimum Gasteiger partial charge on any atom is -0.497 e. The summed E-state index contributed by atoms with van der Waals surface area (Å²) in [6.07, 6.45) is 0.848. The summed E-state index contributed by atoms with van der Waals surface area (Å²) < 4.78 is 48.5. The van der Waals surface area contributed by atoms with Crippen molar-refractivity contribution >= 4 is 40.2 Å². The zero-order valence-electron chi connectivity index (χ0n) is 20.4. The Bertz CT molecular complexity index is 1250. The van der Waals surface area contributed by atoms with Crippen LogP contribution >= 0.6 is 23.4 Å². The van der Waals surface area contributed by atoms with Crippen molar-refractivity contribution in [3.63, 3.8) is 0 Å². The smallest absolute Gasteiger partial charge is 0.309 e. The number of nitrogens with zero attached hydrogens (tertiary/aromatic N) is 2. The van der Waals surface area contributed by atoms with Crippen molar-refractivity contribution in [2.75, 3.05) is 32.5 Å². The molecule has 5 nitrogen and oxygen atoms in total. The molecule has 0 unspecified atom stereocenters. The lowest BCUT2D eigenvalue weighted by atomic mass is 9.74. The van der Waals surface area contributed by atoms with Gasteiger partial charge in [-0.2, -0.15) is 0 Å². The Hall–Kier alpha value is -2.49. The fraction of sp³-hybridized carbons (Fsp3) is 0.407. The molecule has 1 aromatic heterocycles. The summed E-state index contributed by atoms with van der Waals surface area (Å²) >= 11 is 7.43. The van der Waals surface area contributed by atoms with Crippen molar-refractivity contribution in [3.8, 4) is 5.75 Å². The first-order valence-electron chi connectivity index (χ1n) is 12.0. The second-order valence-electron chi connectivity index (χ2n) is 9.24. The van der Waals surface area contributed by atoms with Gasteiger partial charge in [-0.1, -0.05) is 17.7 Å².